The van der Waals surface area contributed by atoms with E-state index in [1.807, 2.05) is 13.8 Å². The van der Waals surface area contributed by atoms with Gasteiger partial charge in [0, 0.05) is 17.7 Å². The number of hydrogen-bond donors (Lipinski definition) is 1. The fourth-order valence-electron chi connectivity index (χ4n) is 4.31. The van der Waals surface area contributed by atoms with Crippen molar-refractivity contribution < 1.29 is 29.0 Å². The van der Waals surface area contributed by atoms with Crippen LogP contribution in [0, 0.1) is 10.1 Å². The van der Waals surface area contributed by atoms with Crippen LogP contribution >= 0.6 is 27.3 Å². The van der Waals surface area contributed by atoms with Crippen molar-refractivity contribution in [2.45, 2.75) is 33.7 Å². The number of nitrogens with zero attached hydrogens (tertiary/aromatic N) is 3. The molecule has 40 heavy (non-hydrogen) atoms. The summed E-state index contributed by atoms with van der Waals surface area (Å²) in [5, 5.41) is 21.9. The number of nitro benzene ring substituents is 1. The Morgan fingerprint density at radius 3 is 2.52 bits per heavy atom. The molecular weight excluding hydrogens is 606 g/mol. The molecule has 0 amide bonds. The zero-order valence-electron chi connectivity index (χ0n) is 22.1. The van der Waals surface area contributed by atoms with Crippen molar-refractivity contribution >= 4 is 45.0 Å². The highest BCUT2D eigenvalue weighted by Gasteiger charge is 2.34. The predicted octanol–water partition coefficient (Wildman–Crippen LogP) is 3.97. The van der Waals surface area contributed by atoms with Crippen molar-refractivity contribution in [3.05, 3.63) is 87.0 Å². The SMILES string of the molecule is CCOC(=O)C1=C(C)N=c2s/c(=C\c3cc([N+](=O)[O-])cc(Br)c3O)c(=O)n2[C@@H]1c1ccc(OCC)c(OCC)c1. The summed E-state index contributed by atoms with van der Waals surface area (Å²) in [4.78, 5) is 42.6. The fraction of sp³-hybridized carbons (Fsp3) is 0.296. The summed E-state index contributed by atoms with van der Waals surface area (Å²) in [6, 6.07) is 6.62. The second-order valence-corrected chi connectivity index (χ2v) is 10.4. The van der Waals surface area contributed by atoms with E-state index in [1.54, 1.807) is 32.0 Å². The summed E-state index contributed by atoms with van der Waals surface area (Å²) in [5.41, 5.74) is 0.441. The Balaban J connectivity index is 1.99. The molecule has 1 aliphatic heterocycles. The number of carbonyl (C=O) groups excluding carboxylic acids is 1. The molecule has 1 aliphatic rings. The van der Waals surface area contributed by atoms with Gasteiger partial charge in [-0.1, -0.05) is 17.4 Å². The number of non-ortho nitro benzene ring substituents is 1. The van der Waals surface area contributed by atoms with Gasteiger partial charge < -0.3 is 19.3 Å². The normalized spacial score (nSPS) is 14.9. The van der Waals surface area contributed by atoms with Crippen molar-refractivity contribution in [2.24, 2.45) is 4.99 Å². The van der Waals surface area contributed by atoms with E-state index in [9.17, 15) is 24.8 Å². The third-order valence-electron chi connectivity index (χ3n) is 5.98. The first-order valence-electron chi connectivity index (χ1n) is 12.4. The van der Waals surface area contributed by atoms with E-state index in [0.717, 1.165) is 11.3 Å². The molecule has 0 unspecified atom stereocenters. The maximum atomic E-state index is 13.9. The number of thiazole rings is 1. The molecule has 0 fully saturated rings. The lowest BCUT2D eigenvalue weighted by Crippen LogP contribution is -2.40. The minimum Gasteiger partial charge on any atom is -0.506 e. The number of allylic oxidation sites excluding steroid dienone is 1. The molecule has 0 radical (unpaired) electrons. The molecule has 13 heteroatoms. The number of rotatable bonds is 9. The van der Waals surface area contributed by atoms with E-state index < -0.39 is 22.5 Å². The van der Waals surface area contributed by atoms with Crippen LogP contribution in [0.4, 0.5) is 5.69 Å². The van der Waals surface area contributed by atoms with Gasteiger partial charge in [0.25, 0.3) is 11.2 Å². The topological polar surface area (TPSA) is 142 Å². The van der Waals surface area contributed by atoms with Gasteiger partial charge in [-0.25, -0.2) is 9.79 Å². The Morgan fingerprint density at radius 1 is 1.18 bits per heavy atom. The summed E-state index contributed by atoms with van der Waals surface area (Å²) < 4.78 is 18.4. The van der Waals surface area contributed by atoms with E-state index in [4.69, 9.17) is 14.2 Å². The number of fused-ring (bicyclic) bond motifs is 1. The molecule has 1 aromatic heterocycles. The number of aromatic nitrogens is 1. The number of hydrogen-bond acceptors (Lipinski definition) is 10. The molecule has 210 valence electrons. The van der Waals surface area contributed by atoms with E-state index in [0.29, 0.717) is 40.8 Å². The summed E-state index contributed by atoms with van der Waals surface area (Å²) in [7, 11) is 0. The Labute approximate surface area is 240 Å². The van der Waals surface area contributed by atoms with Gasteiger partial charge in [0.1, 0.15) is 5.75 Å². The van der Waals surface area contributed by atoms with Crippen LogP contribution in [-0.4, -0.2) is 40.4 Å². The van der Waals surface area contributed by atoms with Gasteiger partial charge in [-0.2, -0.15) is 0 Å². The minimum absolute atomic E-state index is 0.0731. The Kier molecular flexibility index (Phi) is 8.74. The van der Waals surface area contributed by atoms with Crippen molar-refractivity contribution in [1.82, 2.24) is 4.57 Å². The van der Waals surface area contributed by atoms with Crippen LogP contribution < -0.4 is 24.4 Å². The van der Waals surface area contributed by atoms with E-state index in [2.05, 4.69) is 20.9 Å². The molecule has 2 heterocycles. The molecule has 11 nitrogen and oxygen atoms in total. The van der Waals surface area contributed by atoms with E-state index in [1.165, 1.54) is 22.8 Å². The molecule has 0 bridgehead atoms. The number of carbonyl (C=O) groups is 1. The van der Waals surface area contributed by atoms with Crippen LogP contribution in [0.15, 0.2) is 55.9 Å². The first kappa shape index (κ1) is 29.0. The van der Waals surface area contributed by atoms with Crippen LogP contribution in [0.25, 0.3) is 6.08 Å². The first-order chi connectivity index (χ1) is 19.1. The van der Waals surface area contributed by atoms with Crippen molar-refractivity contribution in [3.63, 3.8) is 0 Å². The van der Waals surface area contributed by atoms with Crippen LogP contribution in [-0.2, 0) is 9.53 Å². The molecule has 0 aliphatic carbocycles. The quantitative estimate of drug-likeness (QED) is 0.212. The molecule has 0 saturated heterocycles. The standard InChI is InChI=1S/C27H26BrN3O8S/c1-5-37-19-9-8-15(11-20(19)38-6-2)23-22(26(34)39-7-3)14(4)29-27-30(23)25(33)21(40-27)12-16-10-17(31(35)36)13-18(28)24(16)32/h8-13,23,32H,5-7H2,1-4H3/b21-12-/t23-/m1/s1. The average Bonchev–Trinajstić information content (AvgIpc) is 3.21. The largest absolute Gasteiger partial charge is 0.506 e. The Hall–Kier alpha value is -3.97. The maximum absolute atomic E-state index is 13.9. The fourth-order valence-corrected chi connectivity index (χ4v) is 5.81. The van der Waals surface area contributed by atoms with Crippen LogP contribution in [0.1, 0.15) is 44.9 Å². The lowest BCUT2D eigenvalue weighted by Gasteiger charge is -2.25. The molecule has 1 atom stereocenters. The molecule has 2 aromatic carbocycles. The predicted molar refractivity (Wildman–Crippen MR) is 152 cm³/mol. The number of esters is 1. The highest BCUT2D eigenvalue weighted by Crippen LogP contribution is 2.37. The molecule has 4 rings (SSSR count). The van der Waals surface area contributed by atoms with Crippen molar-refractivity contribution in [2.75, 3.05) is 19.8 Å². The lowest BCUT2D eigenvalue weighted by atomic mass is 9.95. The number of nitro groups is 1. The van der Waals surface area contributed by atoms with Gasteiger partial charge in [-0.3, -0.25) is 19.5 Å². The van der Waals surface area contributed by atoms with Crippen molar-refractivity contribution in [1.29, 1.82) is 0 Å². The van der Waals surface area contributed by atoms with E-state index >= 15 is 0 Å². The smallest absolute Gasteiger partial charge is 0.338 e. The average molecular weight is 632 g/mol. The number of aromatic hydroxyl groups is 1. The van der Waals surface area contributed by atoms with Gasteiger partial charge in [0.2, 0.25) is 0 Å². The monoisotopic (exact) mass is 631 g/mol. The summed E-state index contributed by atoms with van der Waals surface area (Å²) in [5.74, 6) is 0.0956. The van der Waals surface area contributed by atoms with Gasteiger partial charge in [-0.05, 0) is 67.4 Å². The number of halogens is 1. The van der Waals surface area contributed by atoms with Crippen LogP contribution in [0.2, 0.25) is 0 Å². The Bertz CT molecular complexity index is 1710. The number of ether oxygens (including phenoxy) is 3. The highest BCUT2D eigenvalue weighted by molar-refractivity contribution is 9.10. The number of phenolic OH excluding ortho intramolecular Hbond substituents is 1. The van der Waals surface area contributed by atoms with Gasteiger partial charge in [0.15, 0.2) is 16.3 Å². The second kappa shape index (κ2) is 12.0. The molecule has 1 N–H and O–H groups in total. The second-order valence-electron chi connectivity index (χ2n) is 8.50. The zero-order valence-corrected chi connectivity index (χ0v) is 24.5. The lowest BCUT2D eigenvalue weighted by molar-refractivity contribution is -0.385. The van der Waals surface area contributed by atoms with Gasteiger partial charge in [0.05, 0.1) is 51.1 Å². The first-order valence-corrected chi connectivity index (χ1v) is 14.0. The van der Waals surface area contributed by atoms with Gasteiger partial charge in [-0.15, -0.1) is 0 Å². The molecule has 0 spiro atoms. The molecule has 3 aromatic rings. The zero-order chi connectivity index (χ0) is 29.1. The third-order valence-corrected chi connectivity index (χ3v) is 7.56. The minimum atomic E-state index is -0.905. The highest BCUT2D eigenvalue weighted by atomic mass is 79.9. The third kappa shape index (κ3) is 5.52. The summed E-state index contributed by atoms with van der Waals surface area (Å²) in [6.07, 6.45) is 1.36. The molecule has 0 saturated carbocycles. The van der Waals surface area contributed by atoms with Gasteiger partial charge >= 0.3 is 5.97 Å². The summed E-state index contributed by atoms with van der Waals surface area (Å²) >= 11 is 4.15. The number of benzene rings is 2. The van der Waals surface area contributed by atoms with E-state index in [-0.39, 0.29) is 38.2 Å². The summed E-state index contributed by atoms with van der Waals surface area (Å²) in [6.45, 7) is 7.95. The van der Waals surface area contributed by atoms with Crippen molar-refractivity contribution in [3.8, 4) is 17.2 Å². The Morgan fingerprint density at radius 2 is 1.88 bits per heavy atom. The number of phenols is 1. The molecular formula is C27H26BrN3O8S. The van der Waals surface area contributed by atoms with Crippen LogP contribution in [0.3, 0.4) is 0 Å². The van der Waals surface area contributed by atoms with Crippen LogP contribution in [0.5, 0.6) is 17.2 Å². The maximum Gasteiger partial charge on any atom is 0.338 e.